The normalized spacial score (nSPS) is 28.9. The molecule has 5 nitrogen and oxygen atoms in total. The summed E-state index contributed by atoms with van der Waals surface area (Å²) in [6, 6.07) is -0.357. The van der Waals surface area contributed by atoms with Crippen LogP contribution in [0.3, 0.4) is 0 Å². The maximum Gasteiger partial charge on any atom is 0.241 e. The van der Waals surface area contributed by atoms with Gasteiger partial charge in [-0.1, -0.05) is 13.8 Å². The average molecular weight is 264 g/mol. The largest absolute Gasteiger partial charge is 0.352 e. The average Bonchev–Trinajstić information content (AvgIpc) is 2.79. The Balaban J connectivity index is 1.90. The lowest BCUT2D eigenvalue weighted by Crippen LogP contribution is -2.43. The van der Waals surface area contributed by atoms with E-state index in [1.165, 1.54) is 6.42 Å². The molecule has 3 N–H and O–H groups in total. The summed E-state index contributed by atoms with van der Waals surface area (Å²) in [7, 11) is 1.82. The van der Waals surface area contributed by atoms with Crippen molar-refractivity contribution >= 4 is 5.91 Å². The quantitative estimate of drug-likeness (QED) is 0.865. The molecule has 2 rings (SSSR count). The second kappa shape index (κ2) is 5.74. The number of aryl methyl sites for hydroxylation is 1. The van der Waals surface area contributed by atoms with E-state index in [4.69, 9.17) is 5.73 Å². The van der Waals surface area contributed by atoms with Gasteiger partial charge in [0.25, 0.3) is 0 Å². The molecule has 4 unspecified atom stereocenters. The van der Waals surface area contributed by atoms with Gasteiger partial charge in [-0.05, 0) is 31.1 Å². The molecule has 19 heavy (non-hydrogen) atoms. The Labute approximate surface area is 114 Å². The minimum absolute atomic E-state index is 0.0975. The van der Waals surface area contributed by atoms with Crippen molar-refractivity contribution in [1.29, 1.82) is 0 Å². The third-order valence-corrected chi connectivity index (χ3v) is 4.31. The highest BCUT2D eigenvalue weighted by atomic mass is 16.2. The second-order valence-corrected chi connectivity index (χ2v) is 5.90. The van der Waals surface area contributed by atoms with Crippen molar-refractivity contribution < 1.29 is 4.79 Å². The molecule has 1 amide bonds. The summed E-state index contributed by atoms with van der Waals surface area (Å²) >= 11 is 0. The van der Waals surface area contributed by atoms with E-state index in [1.54, 1.807) is 17.1 Å². The summed E-state index contributed by atoms with van der Waals surface area (Å²) in [5.74, 6) is 1.31. The van der Waals surface area contributed by atoms with Gasteiger partial charge in [0.1, 0.15) is 6.04 Å². The maximum absolute atomic E-state index is 12.1. The fraction of sp³-hybridized carbons (Fsp3) is 0.714. The first-order valence-corrected chi connectivity index (χ1v) is 7.02. The number of nitrogens with two attached hydrogens (primary N) is 1. The predicted octanol–water partition coefficient (Wildman–Crippen LogP) is 1.36. The molecule has 0 saturated heterocycles. The molecule has 4 atom stereocenters. The molecule has 0 spiro atoms. The van der Waals surface area contributed by atoms with Gasteiger partial charge in [-0.3, -0.25) is 9.48 Å². The van der Waals surface area contributed by atoms with Crippen molar-refractivity contribution in [3.63, 3.8) is 0 Å². The monoisotopic (exact) mass is 264 g/mol. The molecule has 1 aromatic heterocycles. The van der Waals surface area contributed by atoms with Crippen LogP contribution < -0.4 is 11.1 Å². The molecule has 1 heterocycles. The first-order valence-electron chi connectivity index (χ1n) is 7.02. The summed E-state index contributed by atoms with van der Waals surface area (Å²) in [6.07, 6.45) is 6.71. The Morgan fingerprint density at radius 2 is 2.21 bits per heavy atom. The van der Waals surface area contributed by atoms with Gasteiger partial charge in [0, 0.05) is 24.8 Å². The third-order valence-electron chi connectivity index (χ3n) is 4.31. The summed E-state index contributed by atoms with van der Waals surface area (Å²) < 4.78 is 1.66. The number of rotatable bonds is 3. The molecule has 5 heteroatoms. The minimum Gasteiger partial charge on any atom is -0.352 e. The predicted molar refractivity (Wildman–Crippen MR) is 74.2 cm³/mol. The molecule has 0 aliphatic heterocycles. The Hall–Kier alpha value is -1.36. The van der Waals surface area contributed by atoms with Gasteiger partial charge in [0.2, 0.25) is 5.91 Å². The number of aromatic nitrogens is 2. The smallest absolute Gasteiger partial charge is 0.241 e. The van der Waals surface area contributed by atoms with E-state index < -0.39 is 6.04 Å². The van der Waals surface area contributed by atoms with Crippen molar-refractivity contribution in [2.75, 3.05) is 0 Å². The van der Waals surface area contributed by atoms with Gasteiger partial charge in [0.15, 0.2) is 0 Å². The van der Waals surface area contributed by atoms with E-state index in [-0.39, 0.29) is 11.9 Å². The van der Waals surface area contributed by atoms with Crippen LogP contribution in [0.1, 0.15) is 44.7 Å². The topological polar surface area (TPSA) is 72.9 Å². The molecule has 0 bridgehead atoms. The van der Waals surface area contributed by atoms with Gasteiger partial charge in [0.05, 0.1) is 6.20 Å². The van der Waals surface area contributed by atoms with Crippen molar-refractivity contribution in [3.8, 4) is 0 Å². The summed E-state index contributed by atoms with van der Waals surface area (Å²) in [6.45, 7) is 4.54. The van der Waals surface area contributed by atoms with Crippen LogP contribution in [0.4, 0.5) is 0 Å². The Kier molecular flexibility index (Phi) is 4.24. The van der Waals surface area contributed by atoms with Crippen LogP contribution in [0.2, 0.25) is 0 Å². The zero-order chi connectivity index (χ0) is 14.0. The minimum atomic E-state index is -0.622. The Morgan fingerprint density at radius 3 is 2.79 bits per heavy atom. The van der Waals surface area contributed by atoms with Crippen LogP contribution in [-0.2, 0) is 11.8 Å². The highest BCUT2D eigenvalue weighted by Crippen LogP contribution is 2.29. The van der Waals surface area contributed by atoms with Crippen LogP contribution in [0.15, 0.2) is 12.4 Å². The maximum atomic E-state index is 12.1. The summed E-state index contributed by atoms with van der Waals surface area (Å²) in [5.41, 5.74) is 6.73. The van der Waals surface area contributed by atoms with Gasteiger partial charge in [-0.2, -0.15) is 5.10 Å². The number of hydrogen-bond acceptors (Lipinski definition) is 3. The highest BCUT2D eigenvalue weighted by Gasteiger charge is 2.27. The van der Waals surface area contributed by atoms with E-state index >= 15 is 0 Å². The van der Waals surface area contributed by atoms with Gasteiger partial charge < -0.3 is 11.1 Å². The van der Waals surface area contributed by atoms with E-state index in [2.05, 4.69) is 24.3 Å². The lowest BCUT2D eigenvalue weighted by Gasteiger charge is -2.33. The lowest BCUT2D eigenvalue weighted by molar-refractivity contribution is -0.123. The van der Waals surface area contributed by atoms with Crippen LogP contribution in [-0.4, -0.2) is 21.7 Å². The molecule has 0 radical (unpaired) electrons. The highest BCUT2D eigenvalue weighted by molar-refractivity contribution is 5.83. The Morgan fingerprint density at radius 1 is 1.47 bits per heavy atom. The first kappa shape index (κ1) is 14.1. The number of amides is 1. The van der Waals surface area contributed by atoms with Crippen LogP contribution in [0.5, 0.6) is 0 Å². The van der Waals surface area contributed by atoms with Crippen molar-refractivity contribution in [3.05, 3.63) is 18.0 Å². The lowest BCUT2D eigenvalue weighted by atomic mass is 9.79. The van der Waals surface area contributed by atoms with Crippen molar-refractivity contribution in [2.45, 2.75) is 45.2 Å². The number of hydrogen-bond donors (Lipinski definition) is 2. The van der Waals surface area contributed by atoms with Crippen molar-refractivity contribution in [2.24, 2.45) is 24.6 Å². The van der Waals surface area contributed by atoms with E-state index in [0.29, 0.717) is 5.92 Å². The fourth-order valence-corrected chi connectivity index (χ4v) is 2.72. The van der Waals surface area contributed by atoms with E-state index in [0.717, 1.165) is 24.3 Å². The summed E-state index contributed by atoms with van der Waals surface area (Å²) in [5, 5.41) is 7.12. The molecule has 1 aliphatic rings. The number of carbonyl (C=O) groups excluding carboxylic acids is 1. The molecule has 106 valence electrons. The van der Waals surface area contributed by atoms with Crippen LogP contribution in [0.25, 0.3) is 0 Å². The summed E-state index contributed by atoms with van der Waals surface area (Å²) in [4.78, 5) is 12.1. The molecular weight excluding hydrogens is 240 g/mol. The number of nitrogens with one attached hydrogen (secondary N) is 1. The van der Waals surface area contributed by atoms with E-state index in [9.17, 15) is 4.79 Å². The zero-order valence-electron chi connectivity index (χ0n) is 12.0. The van der Waals surface area contributed by atoms with Gasteiger partial charge >= 0.3 is 0 Å². The van der Waals surface area contributed by atoms with Crippen LogP contribution in [0, 0.1) is 11.8 Å². The Bertz CT molecular complexity index is 442. The number of nitrogens with zero attached hydrogens (tertiary/aromatic N) is 2. The second-order valence-electron chi connectivity index (χ2n) is 5.90. The molecular formula is C14H24N4O. The molecule has 1 fully saturated rings. The first-order chi connectivity index (χ1) is 8.97. The van der Waals surface area contributed by atoms with Crippen molar-refractivity contribution in [1.82, 2.24) is 15.1 Å². The SMILES string of the molecule is CC1CCC(NC(=O)C(N)c2cnn(C)c2)CC1C. The molecule has 1 aliphatic carbocycles. The standard InChI is InChI=1S/C14H24N4O/c1-9-4-5-12(6-10(9)2)17-14(19)13(15)11-7-16-18(3)8-11/h7-10,12-13H,4-6,15H2,1-3H3,(H,17,19). The van der Waals surface area contributed by atoms with Gasteiger partial charge in [-0.25, -0.2) is 0 Å². The van der Waals surface area contributed by atoms with Crippen LogP contribution >= 0.6 is 0 Å². The molecule has 1 saturated carbocycles. The number of carbonyl (C=O) groups is 1. The van der Waals surface area contributed by atoms with E-state index in [1.807, 2.05) is 7.05 Å². The van der Waals surface area contributed by atoms with Gasteiger partial charge in [-0.15, -0.1) is 0 Å². The fourth-order valence-electron chi connectivity index (χ4n) is 2.72. The molecule has 1 aromatic rings. The zero-order valence-corrected chi connectivity index (χ0v) is 12.0. The molecule has 0 aromatic carbocycles. The third kappa shape index (κ3) is 3.35.